The number of sulfonamides is 1. The first-order chi connectivity index (χ1) is 19.9. The molecule has 202 valence electrons. The van der Waals surface area contributed by atoms with E-state index in [1.165, 1.54) is 10.4 Å². The Bertz CT molecular complexity index is 1950. The zero-order valence-corrected chi connectivity index (χ0v) is 22.7. The van der Waals surface area contributed by atoms with Gasteiger partial charge in [-0.25, -0.2) is 13.2 Å². The van der Waals surface area contributed by atoms with E-state index in [2.05, 4.69) is 0 Å². The Morgan fingerprint density at radius 3 is 1.93 bits per heavy atom. The summed E-state index contributed by atoms with van der Waals surface area (Å²) in [5.41, 5.74) is 5.47. The molecule has 0 spiro atoms. The molecule has 5 aromatic carbocycles. The largest absolute Gasteiger partial charge is 0.475 e. The van der Waals surface area contributed by atoms with Crippen molar-refractivity contribution in [1.29, 1.82) is 0 Å². The van der Waals surface area contributed by atoms with Gasteiger partial charge in [0.1, 0.15) is 5.58 Å². The fourth-order valence-corrected chi connectivity index (χ4v) is 6.27. The molecule has 41 heavy (non-hydrogen) atoms. The molecule has 0 atom stereocenters. The fourth-order valence-electron chi connectivity index (χ4n) is 4.83. The second-order valence-corrected chi connectivity index (χ2v) is 11.5. The summed E-state index contributed by atoms with van der Waals surface area (Å²) < 4.78 is 35.1. The highest BCUT2D eigenvalue weighted by atomic mass is 32.2. The molecule has 1 aromatic heterocycles. The third-order valence-electron chi connectivity index (χ3n) is 6.91. The molecule has 0 aliphatic carbocycles. The van der Waals surface area contributed by atoms with Gasteiger partial charge in [-0.3, -0.25) is 4.31 Å². The summed E-state index contributed by atoms with van der Waals surface area (Å²) >= 11 is 0. The number of carboxylic acid groups (broad SMARTS) is 1. The summed E-state index contributed by atoms with van der Waals surface area (Å²) in [6.07, 6.45) is 0. The van der Waals surface area contributed by atoms with E-state index in [-0.39, 0.29) is 17.2 Å². The van der Waals surface area contributed by atoms with E-state index < -0.39 is 16.0 Å². The highest BCUT2D eigenvalue weighted by molar-refractivity contribution is 7.92. The number of carboxylic acids is 1. The van der Waals surface area contributed by atoms with Gasteiger partial charge in [-0.05, 0) is 70.3 Å². The van der Waals surface area contributed by atoms with Crippen LogP contribution in [0.1, 0.15) is 16.1 Å². The van der Waals surface area contributed by atoms with Crippen LogP contribution in [-0.2, 0) is 16.6 Å². The van der Waals surface area contributed by atoms with Crippen molar-refractivity contribution in [1.82, 2.24) is 0 Å². The number of fused-ring (bicyclic) bond motifs is 1. The lowest BCUT2D eigenvalue weighted by Crippen LogP contribution is -2.30. The van der Waals surface area contributed by atoms with Crippen molar-refractivity contribution in [2.45, 2.75) is 11.4 Å². The molecular weight excluding hydrogens is 534 g/mol. The van der Waals surface area contributed by atoms with Gasteiger partial charge in [0.2, 0.25) is 5.76 Å². The minimum atomic E-state index is -4.02. The molecule has 7 heteroatoms. The minimum Gasteiger partial charge on any atom is -0.475 e. The Morgan fingerprint density at radius 1 is 0.659 bits per heavy atom. The second-order valence-electron chi connectivity index (χ2n) is 9.61. The van der Waals surface area contributed by atoms with Gasteiger partial charge in [-0.15, -0.1) is 0 Å². The van der Waals surface area contributed by atoms with Crippen LogP contribution in [0.3, 0.4) is 0 Å². The third-order valence-corrected chi connectivity index (χ3v) is 8.70. The van der Waals surface area contributed by atoms with Crippen LogP contribution in [0.15, 0.2) is 143 Å². The molecule has 6 rings (SSSR count). The number of rotatable bonds is 8. The van der Waals surface area contributed by atoms with Gasteiger partial charge in [-0.2, -0.15) is 0 Å². The quantitative estimate of drug-likeness (QED) is 0.205. The number of hydrogen-bond acceptors (Lipinski definition) is 4. The van der Waals surface area contributed by atoms with Gasteiger partial charge in [0.05, 0.1) is 17.1 Å². The maximum atomic E-state index is 14.2. The van der Waals surface area contributed by atoms with Gasteiger partial charge in [0.25, 0.3) is 10.0 Å². The van der Waals surface area contributed by atoms with Crippen molar-refractivity contribution < 1.29 is 22.7 Å². The van der Waals surface area contributed by atoms with Crippen LogP contribution in [0.4, 0.5) is 5.69 Å². The number of anilines is 1. The Hall–Kier alpha value is -5.14. The van der Waals surface area contributed by atoms with E-state index in [4.69, 9.17) is 4.42 Å². The van der Waals surface area contributed by atoms with Gasteiger partial charge >= 0.3 is 5.97 Å². The van der Waals surface area contributed by atoms with Crippen molar-refractivity contribution in [3.05, 3.63) is 145 Å². The molecule has 0 saturated heterocycles. The van der Waals surface area contributed by atoms with Crippen LogP contribution < -0.4 is 4.31 Å². The van der Waals surface area contributed by atoms with Crippen LogP contribution >= 0.6 is 0 Å². The van der Waals surface area contributed by atoms with Crippen LogP contribution in [0, 0.1) is 0 Å². The normalized spacial score (nSPS) is 11.4. The summed E-state index contributed by atoms with van der Waals surface area (Å²) in [5, 5.41) is 9.86. The van der Waals surface area contributed by atoms with Gasteiger partial charge in [0, 0.05) is 5.39 Å². The molecule has 0 unspecified atom stereocenters. The highest BCUT2D eigenvalue weighted by Gasteiger charge is 2.26. The van der Waals surface area contributed by atoms with Gasteiger partial charge < -0.3 is 9.52 Å². The zero-order chi connectivity index (χ0) is 28.4. The number of carbonyl (C=O) groups is 1. The molecule has 0 fully saturated rings. The number of aromatic carboxylic acids is 1. The molecule has 0 aliphatic rings. The van der Waals surface area contributed by atoms with Crippen LogP contribution in [0.2, 0.25) is 0 Å². The van der Waals surface area contributed by atoms with Crippen molar-refractivity contribution in [2.75, 3.05) is 4.31 Å². The SMILES string of the molecule is O=C(O)c1cc2cc(N(Cc3cccc(-c4ccccc4)c3)S(=O)(=O)c3ccc(-c4ccccc4)cc3)ccc2o1. The summed E-state index contributed by atoms with van der Waals surface area (Å²) in [5.74, 6) is -1.40. The number of furan rings is 1. The number of nitrogens with zero attached hydrogens (tertiary/aromatic N) is 1. The topological polar surface area (TPSA) is 87.8 Å². The Balaban J connectivity index is 1.42. The predicted molar refractivity (Wildman–Crippen MR) is 160 cm³/mol. The molecule has 0 radical (unpaired) electrons. The molecule has 1 heterocycles. The van der Waals surface area contributed by atoms with E-state index in [0.717, 1.165) is 27.8 Å². The molecule has 0 amide bonds. The first-order valence-corrected chi connectivity index (χ1v) is 14.4. The molecule has 1 N–H and O–H groups in total. The van der Waals surface area contributed by atoms with Gasteiger partial charge in [-0.1, -0.05) is 91.0 Å². The Labute approximate surface area is 237 Å². The second kappa shape index (κ2) is 10.8. The van der Waals surface area contributed by atoms with E-state index in [0.29, 0.717) is 16.7 Å². The Kier molecular flexibility index (Phi) is 6.87. The Morgan fingerprint density at radius 2 is 1.27 bits per heavy atom. The van der Waals surface area contributed by atoms with E-state index >= 15 is 0 Å². The summed E-state index contributed by atoms with van der Waals surface area (Å²) in [6, 6.07) is 40.5. The van der Waals surface area contributed by atoms with Crippen molar-refractivity contribution in [2.24, 2.45) is 0 Å². The lowest BCUT2D eigenvalue weighted by atomic mass is 10.0. The minimum absolute atomic E-state index is 0.0680. The fraction of sp³-hybridized carbons (Fsp3) is 0.0294. The van der Waals surface area contributed by atoms with Crippen LogP contribution in [0.25, 0.3) is 33.2 Å². The summed E-state index contributed by atoms with van der Waals surface area (Å²) in [7, 11) is -4.02. The van der Waals surface area contributed by atoms with E-state index in [1.54, 1.807) is 42.5 Å². The van der Waals surface area contributed by atoms with Crippen molar-refractivity contribution in [3.63, 3.8) is 0 Å². The monoisotopic (exact) mass is 559 g/mol. The third kappa shape index (κ3) is 5.35. The number of benzene rings is 5. The predicted octanol–water partition coefficient (Wildman–Crippen LogP) is 7.86. The highest BCUT2D eigenvalue weighted by Crippen LogP contribution is 2.32. The molecule has 6 aromatic rings. The first kappa shape index (κ1) is 26.1. The molecule has 0 saturated carbocycles. The van der Waals surface area contributed by atoms with Crippen LogP contribution in [0.5, 0.6) is 0 Å². The number of hydrogen-bond donors (Lipinski definition) is 1. The van der Waals surface area contributed by atoms with Crippen molar-refractivity contribution in [3.8, 4) is 22.3 Å². The van der Waals surface area contributed by atoms with Crippen molar-refractivity contribution >= 4 is 32.6 Å². The lowest BCUT2D eigenvalue weighted by Gasteiger charge is -2.25. The van der Waals surface area contributed by atoms with E-state index in [9.17, 15) is 18.3 Å². The smallest absolute Gasteiger partial charge is 0.371 e. The standard InChI is InChI=1S/C34H25NO5S/c36-34(37)33-22-29-21-30(16-19-32(29)40-33)35(23-24-8-7-13-28(20-24)26-11-5-2-6-12-26)41(38,39)31-17-14-27(15-18-31)25-9-3-1-4-10-25/h1-22H,23H2,(H,36,37). The van der Waals surface area contributed by atoms with Crippen LogP contribution in [-0.4, -0.2) is 19.5 Å². The zero-order valence-electron chi connectivity index (χ0n) is 21.8. The van der Waals surface area contributed by atoms with E-state index in [1.807, 2.05) is 84.9 Å². The van der Waals surface area contributed by atoms with Gasteiger partial charge in [0.15, 0.2) is 0 Å². The summed E-state index contributed by atoms with van der Waals surface area (Å²) in [6.45, 7) is 0.0680. The maximum Gasteiger partial charge on any atom is 0.371 e. The molecule has 0 aliphatic heterocycles. The average molecular weight is 560 g/mol. The molecule has 6 nitrogen and oxygen atoms in total. The maximum absolute atomic E-state index is 14.2. The average Bonchev–Trinajstić information content (AvgIpc) is 3.45. The molecular formula is C34H25NO5S. The first-order valence-electron chi connectivity index (χ1n) is 13.0. The summed E-state index contributed by atoms with van der Waals surface area (Å²) in [4.78, 5) is 11.6. The molecule has 0 bridgehead atoms. The lowest BCUT2D eigenvalue weighted by molar-refractivity contribution is 0.0665.